The van der Waals surface area contributed by atoms with Crippen molar-refractivity contribution in [2.45, 2.75) is 64.1 Å². The standard InChI is InChI=1S/C19H31N3O3/c1-19(2,3)25-18(24)16(11-7-8-12-20)22-17(23)15(21)13-14-9-5-4-6-10-14/h4-6,9-10,15-16H,7-8,11-13,20-21H2,1-3H3,(H,22,23)/t15-,16-/m0/s1. The molecule has 0 unspecified atom stereocenters. The van der Waals surface area contributed by atoms with E-state index in [9.17, 15) is 9.59 Å². The van der Waals surface area contributed by atoms with Gasteiger partial charge in [0.15, 0.2) is 0 Å². The molecular weight excluding hydrogens is 318 g/mol. The van der Waals surface area contributed by atoms with E-state index in [2.05, 4.69) is 5.32 Å². The largest absolute Gasteiger partial charge is 0.458 e. The van der Waals surface area contributed by atoms with Crippen LogP contribution in [0.4, 0.5) is 0 Å². The van der Waals surface area contributed by atoms with Crippen molar-refractivity contribution in [2.24, 2.45) is 11.5 Å². The monoisotopic (exact) mass is 349 g/mol. The summed E-state index contributed by atoms with van der Waals surface area (Å²) < 4.78 is 5.40. The highest BCUT2D eigenvalue weighted by Gasteiger charge is 2.27. The molecule has 0 aliphatic carbocycles. The Bertz CT molecular complexity index is 541. The lowest BCUT2D eigenvalue weighted by Gasteiger charge is -2.25. The van der Waals surface area contributed by atoms with Gasteiger partial charge in [-0.25, -0.2) is 4.79 Å². The molecule has 6 heteroatoms. The van der Waals surface area contributed by atoms with Crippen molar-refractivity contribution in [3.63, 3.8) is 0 Å². The van der Waals surface area contributed by atoms with Crippen molar-refractivity contribution in [1.29, 1.82) is 0 Å². The fourth-order valence-electron chi connectivity index (χ4n) is 2.35. The van der Waals surface area contributed by atoms with Crippen LogP contribution >= 0.6 is 0 Å². The molecule has 0 bridgehead atoms. The molecule has 0 spiro atoms. The van der Waals surface area contributed by atoms with Crippen molar-refractivity contribution in [3.8, 4) is 0 Å². The number of benzene rings is 1. The van der Waals surface area contributed by atoms with Gasteiger partial charge in [-0.1, -0.05) is 30.3 Å². The third-order valence-corrected chi connectivity index (χ3v) is 3.59. The van der Waals surface area contributed by atoms with Gasteiger partial charge in [-0.3, -0.25) is 4.79 Å². The minimum Gasteiger partial charge on any atom is -0.458 e. The summed E-state index contributed by atoms with van der Waals surface area (Å²) in [7, 11) is 0. The summed E-state index contributed by atoms with van der Waals surface area (Å²) in [5.74, 6) is -0.794. The normalized spacial score (nSPS) is 13.8. The first-order chi connectivity index (χ1) is 11.7. The van der Waals surface area contributed by atoms with Gasteiger partial charge in [0.1, 0.15) is 11.6 Å². The van der Waals surface area contributed by atoms with Crippen LogP contribution in [0.15, 0.2) is 30.3 Å². The minimum atomic E-state index is -0.721. The Morgan fingerprint density at radius 3 is 2.36 bits per heavy atom. The fraction of sp³-hybridized carbons (Fsp3) is 0.579. The molecule has 1 rings (SSSR count). The van der Waals surface area contributed by atoms with E-state index in [1.54, 1.807) is 20.8 Å². The van der Waals surface area contributed by atoms with Crippen molar-refractivity contribution in [1.82, 2.24) is 5.32 Å². The van der Waals surface area contributed by atoms with Crippen LogP contribution in [-0.4, -0.2) is 36.1 Å². The Labute approximate surface area is 150 Å². The Morgan fingerprint density at radius 2 is 1.80 bits per heavy atom. The lowest BCUT2D eigenvalue weighted by molar-refractivity contribution is -0.159. The Balaban J connectivity index is 2.67. The SMILES string of the molecule is CC(C)(C)OC(=O)[C@H](CCCCN)NC(=O)[C@@H](N)Cc1ccccc1. The van der Waals surface area contributed by atoms with Crippen LogP contribution in [0.2, 0.25) is 0 Å². The number of unbranched alkanes of at least 4 members (excludes halogenated alkanes) is 1. The number of hydrogen-bond acceptors (Lipinski definition) is 5. The molecule has 1 aromatic carbocycles. The van der Waals surface area contributed by atoms with E-state index < -0.39 is 23.7 Å². The molecular formula is C19H31N3O3. The Hall–Kier alpha value is -1.92. The molecule has 140 valence electrons. The third kappa shape index (κ3) is 8.65. The Kier molecular flexibility index (Phi) is 8.58. The minimum absolute atomic E-state index is 0.354. The molecule has 1 aromatic rings. The van der Waals surface area contributed by atoms with Crippen LogP contribution in [-0.2, 0) is 20.7 Å². The number of carbonyl (C=O) groups is 2. The highest BCUT2D eigenvalue weighted by molar-refractivity contribution is 5.87. The van der Waals surface area contributed by atoms with Gasteiger partial charge < -0.3 is 21.5 Å². The predicted octanol–water partition coefficient (Wildman–Crippen LogP) is 1.51. The molecule has 1 amide bonds. The second-order valence-corrected chi connectivity index (χ2v) is 7.18. The van der Waals surface area contributed by atoms with Crippen LogP contribution < -0.4 is 16.8 Å². The zero-order chi connectivity index (χ0) is 18.9. The van der Waals surface area contributed by atoms with Gasteiger partial charge in [0.05, 0.1) is 6.04 Å². The highest BCUT2D eigenvalue weighted by Crippen LogP contribution is 2.12. The van der Waals surface area contributed by atoms with Gasteiger partial charge in [-0.2, -0.15) is 0 Å². The lowest BCUT2D eigenvalue weighted by atomic mass is 10.0. The first kappa shape index (κ1) is 21.1. The predicted molar refractivity (Wildman–Crippen MR) is 98.8 cm³/mol. The average Bonchev–Trinajstić information content (AvgIpc) is 2.53. The molecule has 0 fully saturated rings. The third-order valence-electron chi connectivity index (χ3n) is 3.59. The van der Waals surface area contributed by atoms with Crippen LogP contribution in [0.5, 0.6) is 0 Å². The number of rotatable bonds is 9. The van der Waals surface area contributed by atoms with Crippen molar-refractivity contribution >= 4 is 11.9 Å². The van der Waals surface area contributed by atoms with E-state index in [4.69, 9.17) is 16.2 Å². The van der Waals surface area contributed by atoms with Crippen molar-refractivity contribution < 1.29 is 14.3 Å². The number of amides is 1. The average molecular weight is 349 g/mol. The maximum absolute atomic E-state index is 12.4. The summed E-state index contributed by atoms with van der Waals surface area (Å²) in [5, 5.41) is 2.74. The van der Waals surface area contributed by atoms with Gasteiger partial charge in [0.25, 0.3) is 0 Å². The number of nitrogens with two attached hydrogens (primary N) is 2. The van der Waals surface area contributed by atoms with Crippen LogP contribution in [0, 0.1) is 0 Å². The molecule has 0 heterocycles. The number of ether oxygens (including phenoxy) is 1. The number of carbonyl (C=O) groups excluding carboxylic acids is 2. The van der Waals surface area contributed by atoms with Crippen LogP contribution in [0.3, 0.4) is 0 Å². The molecule has 0 aliphatic rings. The second kappa shape index (κ2) is 10.2. The van der Waals surface area contributed by atoms with Crippen molar-refractivity contribution in [3.05, 3.63) is 35.9 Å². The molecule has 0 radical (unpaired) electrons. The second-order valence-electron chi connectivity index (χ2n) is 7.18. The number of hydrogen-bond donors (Lipinski definition) is 3. The van der Waals surface area contributed by atoms with E-state index in [1.165, 1.54) is 0 Å². The van der Waals surface area contributed by atoms with Crippen LogP contribution in [0.25, 0.3) is 0 Å². The van der Waals surface area contributed by atoms with Gasteiger partial charge in [0, 0.05) is 0 Å². The summed E-state index contributed by atoms with van der Waals surface area (Å²) >= 11 is 0. The van der Waals surface area contributed by atoms with E-state index in [0.717, 1.165) is 18.4 Å². The highest BCUT2D eigenvalue weighted by atomic mass is 16.6. The van der Waals surface area contributed by atoms with E-state index in [0.29, 0.717) is 19.4 Å². The van der Waals surface area contributed by atoms with Gasteiger partial charge in [-0.15, -0.1) is 0 Å². The molecule has 0 saturated heterocycles. The maximum Gasteiger partial charge on any atom is 0.329 e. The first-order valence-corrected chi connectivity index (χ1v) is 8.75. The van der Waals surface area contributed by atoms with Gasteiger partial charge >= 0.3 is 5.97 Å². The van der Waals surface area contributed by atoms with Crippen LogP contribution in [0.1, 0.15) is 45.6 Å². The molecule has 6 nitrogen and oxygen atoms in total. The topological polar surface area (TPSA) is 107 Å². The molecule has 0 saturated carbocycles. The molecule has 0 aliphatic heterocycles. The summed E-state index contributed by atoms with van der Waals surface area (Å²) in [6.07, 6.45) is 2.41. The number of esters is 1. The zero-order valence-electron chi connectivity index (χ0n) is 15.5. The summed E-state index contributed by atoms with van der Waals surface area (Å²) in [4.78, 5) is 24.8. The fourth-order valence-corrected chi connectivity index (χ4v) is 2.35. The molecule has 25 heavy (non-hydrogen) atoms. The summed E-state index contributed by atoms with van der Waals surface area (Å²) in [5.41, 5.74) is 11.9. The summed E-state index contributed by atoms with van der Waals surface area (Å²) in [6, 6.07) is 8.11. The lowest BCUT2D eigenvalue weighted by Crippen LogP contribution is -2.50. The van der Waals surface area contributed by atoms with Crippen molar-refractivity contribution in [2.75, 3.05) is 6.54 Å². The van der Waals surface area contributed by atoms with E-state index >= 15 is 0 Å². The smallest absolute Gasteiger partial charge is 0.329 e. The van der Waals surface area contributed by atoms with E-state index in [1.807, 2.05) is 30.3 Å². The first-order valence-electron chi connectivity index (χ1n) is 8.75. The van der Waals surface area contributed by atoms with E-state index in [-0.39, 0.29) is 5.91 Å². The Morgan fingerprint density at radius 1 is 1.16 bits per heavy atom. The maximum atomic E-state index is 12.4. The van der Waals surface area contributed by atoms with Gasteiger partial charge in [-0.05, 0) is 58.6 Å². The quantitative estimate of drug-likeness (QED) is 0.463. The van der Waals surface area contributed by atoms with Gasteiger partial charge in [0.2, 0.25) is 5.91 Å². The molecule has 5 N–H and O–H groups in total. The zero-order valence-corrected chi connectivity index (χ0v) is 15.5. The molecule has 0 aromatic heterocycles. The molecule has 2 atom stereocenters. The summed E-state index contributed by atoms with van der Waals surface area (Å²) in [6.45, 7) is 5.93. The number of nitrogens with one attached hydrogen (secondary N) is 1.